The first-order valence-electron chi connectivity index (χ1n) is 2.18. The van der Waals surface area contributed by atoms with Crippen molar-refractivity contribution in [2.45, 2.75) is 4.21 Å². The first-order valence-corrected chi connectivity index (χ1v) is 3.44. The van der Waals surface area contributed by atoms with E-state index in [1.54, 1.807) is 6.07 Å². The van der Waals surface area contributed by atoms with Crippen molar-refractivity contribution in [1.82, 2.24) is 0 Å². The van der Waals surface area contributed by atoms with Crippen LogP contribution in [0.5, 0.6) is 0 Å². The molecule has 46 valence electrons. The second-order valence-corrected chi connectivity index (χ2v) is 3.40. The Morgan fingerprint density at radius 2 is 2.56 bits per heavy atom. The molecule has 0 aromatic carbocycles. The molecule has 1 rings (SSSR count). The van der Waals surface area contributed by atoms with Gasteiger partial charge in [-0.3, -0.25) is 4.79 Å². The van der Waals surface area contributed by atoms with Crippen LogP contribution in [0.2, 0.25) is 0 Å². The number of allylic oxidation sites excluding steroid dienone is 1. The van der Waals surface area contributed by atoms with E-state index in [0.29, 0.717) is 0 Å². The predicted octanol–water partition coefficient (Wildman–Crippen LogP) is 1.27. The van der Waals surface area contributed by atoms with Crippen molar-refractivity contribution in [2.75, 3.05) is 0 Å². The third-order valence-electron chi connectivity index (χ3n) is 0.911. The fourth-order valence-corrected chi connectivity index (χ4v) is 1.27. The minimum Gasteiger partial charge on any atom is -0.291 e. The number of hydrogen-bond donors (Lipinski definition) is 0. The zero-order valence-electron chi connectivity index (χ0n) is 4.30. The number of ketones is 1. The summed E-state index contributed by atoms with van der Waals surface area (Å²) in [5.41, 5.74) is 0. The molecule has 0 saturated heterocycles. The van der Waals surface area contributed by atoms with Gasteiger partial charge in [-0.25, -0.2) is 0 Å². The molecule has 1 atom stereocenters. The Balaban J connectivity index is 2.90. The molecule has 0 fully saturated rings. The molecule has 0 radical (unpaired) electrons. The van der Waals surface area contributed by atoms with Crippen LogP contribution in [0.15, 0.2) is 11.5 Å². The summed E-state index contributed by atoms with van der Waals surface area (Å²) in [4.78, 5) is 10.7. The van der Waals surface area contributed by atoms with Crippen molar-refractivity contribution in [1.29, 1.82) is 5.26 Å². The van der Waals surface area contributed by atoms with Crippen LogP contribution in [0.4, 0.5) is 0 Å². The monoisotopic (exact) mass is 159 g/mol. The van der Waals surface area contributed by atoms with Crippen LogP contribution >= 0.6 is 23.4 Å². The average Bonchev–Trinajstić information content (AvgIpc) is 2.15. The van der Waals surface area contributed by atoms with Gasteiger partial charge in [0.05, 0.1) is 0 Å². The molecule has 1 heterocycles. The summed E-state index contributed by atoms with van der Waals surface area (Å²) in [6, 6.07) is 1.71. The molecule has 1 unspecified atom stereocenters. The predicted molar refractivity (Wildman–Crippen MR) is 35.9 cm³/mol. The normalized spacial score (nSPS) is 32.7. The van der Waals surface area contributed by atoms with Gasteiger partial charge in [-0.2, -0.15) is 5.26 Å². The fourth-order valence-electron chi connectivity index (χ4n) is 0.436. The maximum Gasteiger partial charge on any atom is 0.241 e. The van der Waals surface area contributed by atoms with E-state index in [1.807, 2.05) is 0 Å². The van der Waals surface area contributed by atoms with Crippen LogP contribution in [0.25, 0.3) is 0 Å². The molecular weight excluding hydrogens is 158 g/mol. The third kappa shape index (κ3) is 0.958. The quantitative estimate of drug-likeness (QED) is 0.500. The molecule has 0 amide bonds. The standard InChI is InChI=1S/C5H2ClNOS/c6-5(3-7)4(8)1-2-9-5/h1-2H. The van der Waals surface area contributed by atoms with E-state index in [1.165, 1.54) is 11.5 Å². The highest BCUT2D eigenvalue weighted by Crippen LogP contribution is 2.36. The lowest BCUT2D eigenvalue weighted by Gasteiger charge is -2.04. The van der Waals surface area contributed by atoms with Gasteiger partial charge in [0.2, 0.25) is 9.99 Å². The number of nitriles is 1. The van der Waals surface area contributed by atoms with Crippen molar-refractivity contribution in [3.8, 4) is 6.07 Å². The summed E-state index contributed by atoms with van der Waals surface area (Å²) in [5.74, 6) is -0.336. The molecule has 4 heteroatoms. The molecule has 0 aliphatic carbocycles. The molecule has 0 N–H and O–H groups in total. The van der Waals surface area contributed by atoms with Gasteiger partial charge in [0, 0.05) is 0 Å². The van der Waals surface area contributed by atoms with Crippen LogP contribution in [-0.4, -0.2) is 9.99 Å². The number of hydrogen-bond acceptors (Lipinski definition) is 3. The molecule has 2 nitrogen and oxygen atoms in total. The lowest BCUT2D eigenvalue weighted by molar-refractivity contribution is -0.113. The van der Waals surface area contributed by atoms with Gasteiger partial charge in [0.25, 0.3) is 0 Å². The molecular formula is C5H2ClNOS. The van der Waals surface area contributed by atoms with Crippen molar-refractivity contribution < 1.29 is 4.79 Å². The van der Waals surface area contributed by atoms with Gasteiger partial charge in [-0.1, -0.05) is 23.4 Å². The molecule has 0 spiro atoms. The highest BCUT2D eigenvalue weighted by molar-refractivity contribution is 8.06. The van der Waals surface area contributed by atoms with E-state index in [0.717, 1.165) is 11.8 Å². The largest absolute Gasteiger partial charge is 0.291 e. The number of nitrogens with zero attached hydrogens (tertiary/aromatic N) is 1. The van der Waals surface area contributed by atoms with Crippen molar-refractivity contribution in [3.63, 3.8) is 0 Å². The van der Waals surface area contributed by atoms with Crippen molar-refractivity contribution in [3.05, 3.63) is 11.5 Å². The molecule has 0 aromatic rings. The smallest absolute Gasteiger partial charge is 0.241 e. The lowest BCUT2D eigenvalue weighted by Crippen LogP contribution is -2.20. The average molecular weight is 160 g/mol. The van der Waals surface area contributed by atoms with Gasteiger partial charge in [0.15, 0.2) is 0 Å². The summed E-state index contributed by atoms with van der Waals surface area (Å²) in [7, 11) is 0. The molecule has 1 aliphatic heterocycles. The van der Waals surface area contributed by atoms with Gasteiger partial charge in [-0.05, 0) is 11.5 Å². The highest BCUT2D eigenvalue weighted by Gasteiger charge is 2.37. The zero-order chi connectivity index (χ0) is 6.91. The van der Waals surface area contributed by atoms with E-state index in [4.69, 9.17) is 16.9 Å². The first kappa shape index (κ1) is 6.66. The SMILES string of the molecule is N#CC1(Cl)SC=CC1=O. The van der Waals surface area contributed by atoms with Crippen LogP contribution in [0, 0.1) is 11.3 Å². The minimum absolute atomic E-state index is 0.336. The minimum atomic E-state index is -1.36. The van der Waals surface area contributed by atoms with Gasteiger partial charge in [-0.15, -0.1) is 0 Å². The van der Waals surface area contributed by atoms with E-state index < -0.39 is 4.21 Å². The fraction of sp³-hybridized carbons (Fsp3) is 0.200. The Morgan fingerprint density at radius 3 is 2.78 bits per heavy atom. The summed E-state index contributed by atoms with van der Waals surface area (Å²) >= 11 is 6.52. The van der Waals surface area contributed by atoms with Gasteiger partial charge < -0.3 is 0 Å². The summed E-state index contributed by atoms with van der Waals surface area (Å²) in [6.07, 6.45) is 1.31. The highest BCUT2D eigenvalue weighted by atomic mass is 35.5. The maximum absolute atomic E-state index is 10.7. The third-order valence-corrected chi connectivity index (χ3v) is 2.34. The van der Waals surface area contributed by atoms with E-state index >= 15 is 0 Å². The second-order valence-electron chi connectivity index (χ2n) is 1.49. The molecule has 1 aliphatic rings. The van der Waals surface area contributed by atoms with E-state index in [9.17, 15) is 4.79 Å². The summed E-state index contributed by atoms with van der Waals surface area (Å²) in [6.45, 7) is 0. The topological polar surface area (TPSA) is 40.9 Å². The van der Waals surface area contributed by atoms with Crippen molar-refractivity contribution >= 4 is 29.1 Å². The second kappa shape index (κ2) is 2.05. The summed E-state index contributed by atoms with van der Waals surface area (Å²) < 4.78 is -1.36. The molecule has 9 heavy (non-hydrogen) atoms. The Bertz CT molecular complexity index is 219. The number of carbonyl (C=O) groups excluding carboxylic acids is 1. The number of alkyl halides is 1. The van der Waals surface area contributed by atoms with Crippen LogP contribution in [0.3, 0.4) is 0 Å². The van der Waals surface area contributed by atoms with E-state index in [2.05, 4.69) is 0 Å². The molecule has 0 saturated carbocycles. The first-order chi connectivity index (χ1) is 4.19. The zero-order valence-corrected chi connectivity index (χ0v) is 5.87. The molecule has 0 aromatic heterocycles. The van der Waals surface area contributed by atoms with E-state index in [-0.39, 0.29) is 5.78 Å². The van der Waals surface area contributed by atoms with Crippen molar-refractivity contribution in [2.24, 2.45) is 0 Å². The Morgan fingerprint density at radius 1 is 1.89 bits per heavy atom. The van der Waals surface area contributed by atoms with Crippen LogP contribution < -0.4 is 0 Å². The Kier molecular flexibility index (Phi) is 1.52. The van der Waals surface area contributed by atoms with Crippen LogP contribution in [-0.2, 0) is 4.79 Å². The van der Waals surface area contributed by atoms with Gasteiger partial charge >= 0.3 is 0 Å². The number of halogens is 1. The van der Waals surface area contributed by atoms with Gasteiger partial charge in [0.1, 0.15) is 6.07 Å². The summed E-state index contributed by atoms with van der Waals surface area (Å²) in [5, 5.41) is 9.86. The lowest BCUT2D eigenvalue weighted by atomic mass is 10.3. The molecule has 0 bridgehead atoms. The number of carbonyl (C=O) groups is 1. The Labute approximate surface area is 61.5 Å². The number of thioether (sulfide) groups is 1. The number of rotatable bonds is 0. The Hall–Kier alpha value is -0.460. The maximum atomic E-state index is 10.7. The van der Waals surface area contributed by atoms with Crippen LogP contribution in [0.1, 0.15) is 0 Å².